The van der Waals surface area contributed by atoms with Crippen LogP contribution < -0.4 is 27.0 Å². The van der Waals surface area contributed by atoms with Gasteiger partial charge in [-0.05, 0) is 227 Å². The molecular weight excluding hydrogens is 1460 g/mol. The number of carbonyl (C=O) groups is 3. The Morgan fingerprint density at radius 1 is 0.477 bits per heavy atom. The number of amidine groups is 1. The van der Waals surface area contributed by atoms with E-state index in [1.165, 1.54) is 13.0 Å². The van der Waals surface area contributed by atoms with Crippen LogP contribution in [0.5, 0.6) is 0 Å². The molecule has 4 saturated heterocycles. The molecule has 7 aromatic rings. The van der Waals surface area contributed by atoms with Crippen LogP contribution in [0.3, 0.4) is 0 Å². The molecule has 12 rings (SSSR count). The minimum Gasteiger partial charge on any atom is -0.444 e. The maximum Gasteiger partial charge on any atom is 0.410 e. The van der Waals surface area contributed by atoms with E-state index in [9.17, 15) is 14.4 Å². The van der Waals surface area contributed by atoms with Crippen molar-refractivity contribution in [3.05, 3.63) is 206 Å². The summed E-state index contributed by atoms with van der Waals surface area (Å²) >= 11 is 29.9. The lowest BCUT2D eigenvalue weighted by Gasteiger charge is -2.24. The van der Waals surface area contributed by atoms with Crippen LogP contribution in [-0.2, 0) is 39.9 Å². The van der Waals surface area contributed by atoms with Gasteiger partial charge < -0.3 is 60.8 Å². The average molecular weight is 1560 g/mol. The third-order valence-corrected chi connectivity index (χ3v) is 18.4. The second-order valence-corrected chi connectivity index (χ2v) is 32.5. The molecule has 6 N–H and O–H groups in total. The molecule has 0 saturated carbocycles. The van der Waals surface area contributed by atoms with E-state index in [1.54, 1.807) is 33.2 Å². The van der Waals surface area contributed by atoms with Gasteiger partial charge in [0, 0.05) is 136 Å². The van der Waals surface area contributed by atoms with Crippen LogP contribution in [0.1, 0.15) is 128 Å². The zero-order valence-electron chi connectivity index (χ0n) is 63.2. The van der Waals surface area contributed by atoms with Crippen molar-refractivity contribution in [3.63, 3.8) is 0 Å². The van der Waals surface area contributed by atoms with Crippen LogP contribution >= 0.6 is 58.0 Å². The van der Waals surface area contributed by atoms with Crippen molar-refractivity contribution in [2.45, 2.75) is 136 Å². The van der Waals surface area contributed by atoms with Crippen LogP contribution in [0, 0.1) is 23.7 Å². The molecule has 0 bridgehead atoms. The van der Waals surface area contributed by atoms with Gasteiger partial charge in [-0.2, -0.15) is 0 Å². The summed E-state index contributed by atoms with van der Waals surface area (Å²) in [7, 11) is 2.17. The van der Waals surface area contributed by atoms with Gasteiger partial charge in [-0.15, -0.1) is 0 Å². The molecule has 107 heavy (non-hydrogen) atoms. The quantitative estimate of drug-likeness (QED) is 0.0304. The van der Waals surface area contributed by atoms with E-state index in [4.69, 9.17) is 77.9 Å². The summed E-state index contributed by atoms with van der Waals surface area (Å²) in [5.41, 5.74) is 8.35. The monoisotopic (exact) mass is 1560 g/mol. The molecule has 22 nitrogen and oxygen atoms in total. The molecule has 0 spiro atoms. The Hall–Kier alpha value is -8.09. The largest absolute Gasteiger partial charge is 0.444 e. The first-order valence-corrected chi connectivity index (χ1v) is 38.5. The number of aromatic nitrogens is 6. The molecule has 1 unspecified atom stereocenters. The summed E-state index contributed by atoms with van der Waals surface area (Å²) in [6.45, 7) is 26.8. The van der Waals surface area contributed by atoms with E-state index in [0.29, 0.717) is 79.0 Å². The number of carbonyl (C=O) groups excluding carboxylic acids is 3. The third kappa shape index (κ3) is 31.9. The van der Waals surface area contributed by atoms with Crippen molar-refractivity contribution in [2.24, 2.45) is 34.4 Å². The topological polar surface area (TPSA) is 256 Å². The summed E-state index contributed by atoms with van der Waals surface area (Å²) in [6, 6.07) is 36.6. The molecule has 5 atom stereocenters. The highest BCUT2D eigenvalue weighted by Gasteiger charge is 2.32. The number of nitrogens with zero attached hydrogens (tertiary/aromatic N) is 11. The molecule has 3 aromatic heterocycles. The minimum atomic E-state index is -0.465. The number of aliphatic imine (C=N–C) groups is 1. The highest BCUT2D eigenvalue weighted by molar-refractivity contribution is 6.31. The maximum absolute atomic E-state index is 12.2. The third-order valence-electron chi connectivity index (χ3n) is 17.3. The summed E-state index contributed by atoms with van der Waals surface area (Å²) in [5.74, 6) is 7.56. The molecule has 27 heteroatoms. The minimum absolute atomic E-state index is 0.214. The number of benzene rings is 4. The Morgan fingerprint density at radius 2 is 0.804 bits per heavy atom. The molecule has 3 amide bonds. The van der Waals surface area contributed by atoms with Crippen LogP contribution in [-0.4, -0.2) is 182 Å². The van der Waals surface area contributed by atoms with E-state index in [1.807, 2.05) is 190 Å². The summed E-state index contributed by atoms with van der Waals surface area (Å²) in [4.78, 5) is 74.7. The Kier molecular flexibility index (Phi) is 32.8. The lowest BCUT2D eigenvalue weighted by molar-refractivity contribution is 0.0278. The van der Waals surface area contributed by atoms with Crippen molar-refractivity contribution in [3.8, 4) is 0 Å². The molecule has 5 aliphatic heterocycles. The average Bonchev–Trinajstić information content (AvgIpc) is 1.32. The second kappa shape index (κ2) is 41.5. The van der Waals surface area contributed by atoms with E-state index in [0.717, 1.165) is 145 Å². The number of amides is 3. The molecule has 0 radical (unpaired) electrons. The van der Waals surface area contributed by atoms with E-state index in [2.05, 4.69) is 68.1 Å². The number of nitrogens with two attached hydrogens (primary N) is 1. The van der Waals surface area contributed by atoms with Crippen LogP contribution in [0.15, 0.2) is 151 Å². The van der Waals surface area contributed by atoms with Crippen LogP contribution in [0.25, 0.3) is 0 Å². The normalized spacial score (nSPS) is 18.3. The number of hydrogen-bond donors (Lipinski definition) is 5. The first-order valence-electron chi connectivity index (χ1n) is 36.5. The molecule has 0 aliphatic carbocycles. The Labute approximate surface area is 656 Å². The summed E-state index contributed by atoms with van der Waals surface area (Å²) in [6.07, 6.45) is 15.1. The van der Waals surface area contributed by atoms with E-state index in [-0.39, 0.29) is 23.8 Å². The number of hydrogen-bond acceptors (Lipinski definition) is 19. The highest BCUT2D eigenvalue weighted by Crippen LogP contribution is 2.25. The number of ether oxygens (including phenoxy) is 3. The standard InChI is InChI=1S/2C21H27ClN4O2.C17H21ClN4.C11H10Cl2N2.C10H20N2O2/c2*1-21(2,3)28-20(27)26-10-8-16(14-26)13-24-18-7-9-23-19(25-18)12-15-5-4-6-17(22)11-15;1-22-8-6-14(12-22)11-20-16-5-7-19-17(21-16)10-13-3-2-4-15(18)9-13;12-9-3-1-2-8(6-9)7-11-14-5-4-10(13)15-11;1-10(2,3)14-9(13)12-5-4-8(6-11)7-12/h2*4-7,9,11,16H,8,10,12-14H2,1-3H3,(H,23,24,25);2-5,7,9,14H,6,8,10-12H2,1H3,(H,19,20,21);1-6,10H,7H2,(H,14,15);8H,4-7,11H2,1-3H3/t2*16-;14-;;8-/m000.0/s1. The van der Waals surface area contributed by atoms with Crippen molar-refractivity contribution >= 4 is 99.6 Å². The number of likely N-dealkylation sites (tertiary alicyclic amines) is 4. The number of nitrogens with one attached hydrogen (secondary N) is 4. The number of alkyl halides is 1. The van der Waals surface area contributed by atoms with Gasteiger partial charge >= 0.3 is 18.3 Å². The Morgan fingerprint density at radius 3 is 1.11 bits per heavy atom. The number of rotatable bonds is 18. The maximum atomic E-state index is 12.2. The van der Waals surface area contributed by atoms with Crippen molar-refractivity contribution < 1.29 is 28.6 Å². The first-order chi connectivity index (χ1) is 50.9. The summed E-state index contributed by atoms with van der Waals surface area (Å²) < 4.78 is 16.2. The van der Waals surface area contributed by atoms with Gasteiger partial charge in [0.25, 0.3) is 0 Å². The van der Waals surface area contributed by atoms with Gasteiger partial charge in [0.2, 0.25) is 0 Å². The van der Waals surface area contributed by atoms with Crippen molar-refractivity contribution in [1.82, 2.24) is 54.8 Å². The fourth-order valence-electron chi connectivity index (χ4n) is 12.1. The second-order valence-electron chi connectivity index (χ2n) is 30.3. The highest BCUT2D eigenvalue weighted by atomic mass is 35.5. The molecule has 4 aromatic carbocycles. The fourth-order valence-corrected chi connectivity index (χ4v) is 13.1. The van der Waals surface area contributed by atoms with Gasteiger partial charge in [0.05, 0.1) is 0 Å². The fraction of sp³-hybridized carbons (Fsp3) is 0.475. The van der Waals surface area contributed by atoms with Crippen LogP contribution in [0.2, 0.25) is 20.1 Å². The van der Waals surface area contributed by atoms with Gasteiger partial charge in [0.15, 0.2) is 0 Å². The number of anilines is 3. The lowest BCUT2D eigenvalue weighted by atomic mass is 10.1. The predicted molar refractivity (Wildman–Crippen MR) is 431 cm³/mol. The smallest absolute Gasteiger partial charge is 0.410 e. The number of halogens is 5. The molecule has 4 fully saturated rings. The summed E-state index contributed by atoms with van der Waals surface area (Å²) in [5, 5.41) is 16.2. The first kappa shape index (κ1) is 84.5. The van der Waals surface area contributed by atoms with Gasteiger partial charge in [-0.3, -0.25) is 0 Å². The van der Waals surface area contributed by atoms with Gasteiger partial charge in [-0.25, -0.2) is 49.3 Å². The lowest BCUT2D eigenvalue weighted by Crippen LogP contribution is -2.35. The van der Waals surface area contributed by atoms with Crippen molar-refractivity contribution in [1.29, 1.82) is 0 Å². The Balaban J connectivity index is 0.000000173. The molecular formula is C80H105Cl5N16O6. The molecule has 576 valence electrons. The Bertz CT molecular complexity index is 3910. The van der Waals surface area contributed by atoms with E-state index < -0.39 is 16.8 Å². The zero-order chi connectivity index (χ0) is 77.1. The van der Waals surface area contributed by atoms with Crippen LogP contribution in [0.4, 0.5) is 31.8 Å². The van der Waals surface area contributed by atoms with Crippen molar-refractivity contribution in [2.75, 3.05) is 102 Å². The molecule has 8 heterocycles. The molecule has 5 aliphatic rings. The zero-order valence-corrected chi connectivity index (χ0v) is 67.0. The van der Waals surface area contributed by atoms with E-state index >= 15 is 0 Å². The SMILES string of the molecule is CC(C)(C)OC(=O)N1CC[C@@H](CN)C1.CC(C)(C)OC(=O)N1CC[C@@H](CNc2ccnc(Cc3cccc(Cl)c3)n2)C1.CC(C)(C)OC(=O)N1CC[C@@H](CNc2ccnc(Cc3cccc(Cl)c3)n2)C1.CN1CC[C@@H](CNc2ccnc(Cc3cccc(Cl)c3)n2)C1.Clc1cccc(CC2=NC(Cl)C=CN2)c1. The van der Waals surface area contributed by atoms with Gasteiger partial charge in [-0.1, -0.05) is 107 Å². The predicted octanol–water partition coefficient (Wildman–Crippen LogP) is 16.0. The van der Waals surface area contributed by atoms with Gasteiger partial charge in [0.1, 0.15) is 63.1 Å².